The van der Waals surface area contributed by atoms with Gasteiger partial charge in [-0.2, -0.15) is 11.3 Å². The molecule has 0 aliphatic heterocycles. The van der Waals surface area contributed by atoms with Gasteiger partial charge >= 0.3 is 0 Å². The van der Waals surface area contributed by atoms with E-state index in [2.05, 4.69) is 24.4 Å². The smallest absolute Gasteiger partial charge is 0.00452 e. The molecule has 0 aromatic carbocycles. The third-order valence-electron chi connectivity index (χ3n) is 1.78. The van der Waals surface area contributed by atoms with Crippen LogP contribution >= 0.6 is 22.7 Å². The van der Waals surface area contributed by atoms with E-state index in [4.69, 9.17) is 0 Å². The van der Waals surface area contributed by atoms with E-state index >= 15 is 0 Å². The second-order valence-electron chi connectivity index (χ2n) is 2.98. The maximum absolute atomic E-state index is 2.23. The lowest BCUT2D eigenvalue weighted by atomic mass is 10.2. The average Bonchev–Trinajstić information content (AvgIpc) is 2.90. The summed E-state index contributed by atoms with van der Waals surface area (Å²) in [4.78, 5) is 1.52. The van der Waals surface area contributed by atoms with E-state index in [1.165, 1.54) is 24.1 Å². The van der Waals surface area contributed by atoms with Crippen LogP contribution < -0.4 is 0 Å². The molecular weight excluding hydrogens is 208 g/mol. The van der Waals surface area contributed by atoms with Crippen molar-refractivity contribution in [1.82, 2.24) is 0 Å². The molecule has 2 heteroatoms. The van der Waals surface area contributed by atoms with Gasteiger partial charge in [0, 0.05) is 4.88 Å². The van der Waals surface area contributed by atoms with E-state index in [-0.39, 0.29) is 0 Å². The Morgan fingerprint density at radius 2 is 1.86 bits per heavy atom. The second-order valence-corrected chi connectivity index (χ2v) is 4.82. The van der Waals surface area contributed by atoms with Crippen molar-refractivity contribution in [2.45, 2.75) is 26.2 Å². The van der Waals surface area contributed by atoms with Gasteiger partial charge < -0.3 is 0 Å². The largest absolute Gasteiger partial charge is 0.152 e. The number of unbranched alkanes of at least 4 members (excludes halogenated alkanes) is 1. The Bertz CT molecular complexity index is 265. The van der Waals surface area contributed by atoms with E-state index in [1.807, 2.05) is 34.2 Å². The maximum Gasteiger partial charge on any atom is 0.00452 e. The lowest BCUT2D eigenvalue weighted by molar-refractivity contribution is 0.804. The Morgan fingerprint density at radius 3 is 2.29 bits per heavy atom. The van der Waals surface area contributed by atoms with Gasteiger partial charge in [-0.25, -0.2) is 0 Å². The van der Waals surface area contributed by atoms with Crippen LogP contribution in [0, 0.1) is 0 Å². The highest BCUT2D eigenvalue weighted by Gasteiger charge is 1.89. The number of hydrogen-bond donors (Lipinski definition) is 0. The first-order chi connectivity index (χ1) is 6.93. The molecule has 0 atom stereocenters. The molecule has 2 rings (SSSR count). The lowest BCUT2D eigenvalue weighted by Crippen LogP contribution is -1.75. The summed E-state index contributed by atoms with van der Waals surface area (Å²) < 4.78 is 0. The van der Waals surface area contributed by atoms with Crippen LogP contribution in [0.25, 0.3) is 0 Å². The van der Waals surface area contributed by atoms with Crippen molar-refractivity contribution in [3.8, 4) is 0 Å². The molecule has 2 aromatic rings. The summed E-state index contributed by atoms with van der Waals surface area (Å²) in [6.07, 6.45) is 3.91. The highest BCUT2D eigenvalue weighted by Crippen LogP contribution is 2.11. The summed E-state index contributed by atoms with van der Waals surface area (Å²) >= 11 is 3.58. The van der Waals surface area contributed by atoms with Gasteiger partial charge in [-0.05, 0) is 35.0 Å². The molecule has 0 bridgehead atoms. The van der Waals surface area contributed by atoms with Gasteiger partial charge in [0.05, 0.1) is 0 Å². The van der Waals surface area contributed by atoms with Crippen LogP contribution in [0.2, 0.25) is 0 Å². The SMILES string of the molecule is CCCCc1cccs1.c1ccsc1. The fourth-order valence-corrected chi connectivity index (χ4v) is 2.24. The number of thiophene rings is 2. The van der Waals surface area contributed by atoms with Gasteiger partial charge in [0.1, 0.15) is 0 Å². The molecule has 0 radical (unpaired) electrons. The quantitative estimate of drug-likeness (QED) is 0.700. The van der Waals surface area contributed by atoms with Crippen molar-refractivity contribution in [3.05, 3.63) is 45.3 Å². The first-order valence-electron chi connectivity index (χ1n) is 4.93. The summed E-state index contributed by atoms with van der Waals surface area (Å²) in [5.41, 5.74) is 0. The fourth-order valence-electron chi connectivity index (χ4n) is 1.03. The molecule has 2 aromatic heterocycles. The molecule has 0 aliphatic rings. The van der Waals surface area contributed by atoms with Crippen LogP contribution in [0.15, 0.2) is 40.4 Å². The number of rotatable bonds is 3. The zero-order chi connectivity index (χ0) is 10.1. The van der Waals surface area contributed by atoms with Gasteiger partial charge in [-0.1, -0.05) is 31.5 Å². The van der Waals surface area contributed by atoms with Crippen LogP contribution in [0.1, 0.15) is 24.6 Å². The van der Waals surface area contributed by atoms with Gasteiger partial charge in [0.25, 0.3) is 0 Å². The van der Waals surface area contributed by atoms with Crippen LogP contribution in [-0.2, 0) is 6.42 Å². The molecular formula is C12H16S2. The zero-order valence-electron chi connectivity index (χ0n) is 8.48. The number of hydrogen-bond acceptors (Lipinski definition) is 2. The zero-order valence-corrected chi connectivity index (χ0v) is 10.1. The molecule has 14 heavy (non-hydrogen) atoms. The third kappa shape index (κ3) is 5.20. The minimum atomic E-state index is 1.27. The van der Waals surface area contributed by atoms with Crippen molar-refractivity contribution < 1.29 is 0 Å². The molecule has 0 saturated carbocycles. The molecule has 0 fully saturated rings. The molecule has 0 aliphatic carbocycles. The van der Waals surface area contributed by atoms with E-state index < -0.39 is 0 Å². The van der Waals surface area contributed by atoms with Crippen molar-refractivity contribution in [2.75, 3.05) is 0 Å². The first kappa shape index (κ1) is 11.5. The average molecular weight is 224 g/mol. The molecule has 0 saturated heterocycles. The first-order valence-corrected chi connectivity index (χ1v) is 6.75. The van der Waals surface area contributed by atoms with Crippen LogP contribution in [-0.4, -0.2) is 0 Å². The summed E-state index contributed by atoms with van der Waals surface area (Å²) in [7, 11) is 0. The summed E-state index contributed by atoms with van der Waals surface area (Å²) in [5, 5.41) is 6.23. The van der Waals surface area contributed by atoms with Gasteiger partial charge in [0.2, 0.25) is 0 Å². The second kappa shape index (κ2) is 7.77. The normalized spacial score (nSPS) is 9.21. The standard InChI is InChI=1S/C8H12S.C4H4S/c1-2-3-5-8-6-4-7-9-8;1-2-4-5-3-1/h4,6-7H,2-3,5H2,1H3;1-4H. The third-order valence-corrected chi connectivity index (χ3v) is 3.35. The molecule has 0 spiro atoms. The summed E-state index contributed by atoms with van der Waals surface area (Å²) in [6, 6.07) is 8.37. The monoisotopic (exact) mass is 224 g/mol. The molecule has 76 valence electrons. The van der Waals surface area contributed by atoms with E-state index in [9.17, 15) is 0 Å². The van der Waals surface area contributed by atoms with E-state index in [0.717, 1.165) is 0 Å². The molecule has 0 nitrogen and oxygen atoms in total. The Morgan fingerprint density at radius 1 is 1.07 bits per heavy atom. The molecule has 0 unspecified atom stereocenters. The highest BCUT2D eigenvalue weighted by molar-refractivity contribution is 7.09. The molecule has 0 amide bonds. The topological polar surface area (TPSA) is 0 Å². The highest BCUT2D eigenvalue weighted by atomic mass is 32.1. The Kier molecular flexibility index (Phi) is 6.37. The Hall–Kier alpha value is -0.600. The molecule has 2 heterocycles. The number of aryl methyl sites for hydroxylation is 1. The Balaban J connectivity index is 0.000000165. The fraction of sp³-hybridized carbons (Fsp3) is 0.333. The van der Waals surface area contributed by atoms with Crippen molar-refractivity contribution in [3.63, 3.8) is 0 Å². The predicted molar refractivity (Wildman–Crippen MR) is 67.3 cm³/mol. The van der Waals surface area contributed by atoms with E-state index in [1.54, 1.807) is 11.3 Å². The van der Waals surface area contributed by atoms with Crippen LogP contribution in [0.4, 0.5) is 0 Å². The van der Waals surface area contributed by atoms with E-state index in [0.29, 0.717) is 0 Å². The van der Waals surface area contributed by atoms with Gasteiger partial charge in [-0.15, -0.1) is 11.3 Å². The minimum Gasteiger partial charge on any atom is -0.152 e. The molecule has 0 N–H and O–H groups in total. The van der Waals surface area contributed by atoms with Crippen LogP contribution in [0.3, 0.4) is 0 Å². The Labute approximate surface area is 94.2 Å². The van der Waals surface area contributed by atoms with Crippen molar-refractivity contribution >= 4 is 22.7 Å². The van der Waals surface area contributed by atoms with Gasteiger partial charge in [-0.3, -0.25) is 0 Å². The van der Waals surface area contributed by atoms with Crippen LogP contribution in [0.5, 0.6) is 0 Å². The predicted octanol–water partition coefficient (Wildman–Crippen LogP) is 4.84. The van der Waals surface area contributed by atoms with Crippen molar-refractivity contribution in [2.24, 2.45) is 0 Å². The van der Waals surface area contributed by atoms with Gasteiger partial charge in [0.15, 0.2) is 0 Å². The lowest BCUT2D eigenvalue weighted by Gasteiger charge is -1.90. The maximum atomic E-state index is 2.23. The van der Waals surface area contributed by atoms with Crippen molar-refractivity contribution in [1.29, 1.82) is 0 Å². The minimum absolute atomic E-state index is 1.27. The summed E-state index contributed by atoms with van der Waals surface area (Å²) in [5.74, 6) is 0. The summed E-state index contributed by atoms with van der Waals surface area (Å²) in [6.45, 7) is 2.23.